The highest BCUT2D eigenvalue weighted by Gasteiger charge is 2.24. The number of piperidine rings is 1. The Balaban J connectivity index is 1.57. The molecule has 0 radical (unpaired) electrons. The van der Waals surface area contributed by atoms with E-state index in [0.29, 0.717) is 11.0 Å². The summed E-state index contributed by atoms with van der Waals surface area (Å²) in [6.07, 6.45) is 5.57. The van der Waals surface area contributed by atoms with E-state index in [9.17, 15) is 0 Å². The first kappa shape index (κ1) is 18.9. The Labute approximate surface area is 162 Å². The minimum Gasteiger partial charge on any atom is -0.468 e. The smallest absolute Gasteiger partial charge is 0.170 e. The lowest BCUT2D eigenvalue weighted by atomic mass is 10.0. The lowest BCUT2D eigenvalue weighted by Gasteiger charge is -2.33. The molecule has 1 aromatic carbocycles. The van der Waals surface area contributed by atoms with Crippen molar-refractivity contribution in [2.24, 2.45) is 0 Å². The molecule has 3 rings (SSSR count). The van der Waals surface area contributed by atoms with Crippen molar-refractivity contribution >= 4 is 23.0 Å². The quantitative estimate of drug-likeness (QED) is 0.706. The summed E-state index contributed by atoms with van der Waals surface area (Å²) < 4.78 is 5.69. The highest BCUT2D eigenvalue weighted by atomic mass is 32.1. The van der Waals surface area contributed by atoms with Gasteiger partial charge in [-0.1, -0.05) is 32.4 Å². The molecule has 5 heteroatoms. The van der Waals surface area contributed by atoms with Crippen LogP contribution in [0.15, 0.2) is 47.1 Å². The predicted octanol–water partition coefficient (Wildman–Crippen LogP) is 4.92. The molecule has 1 aromatic heterocycles. The van der Waals surface area contributed by atoms with E-state index >= 15 is 0 Å². The number of rotatable bonds is 6. The molecular weight excluding hydrogens is 342 g/mol. The number of hydrogen-bond donors (Lipinski definition) is 2. The second kappa shape index (κ2) is 9.19. The monoisotopic (exact) mass is 371 g/mol. The number of benzene rings is 1. The minimum atomic E-state index is 0.216. The van der Waals surface area contributed by atoms with Crippen LogP contribution in [-0.4, -0.2) is 29.6 Å². The molecule has 2 aromatic rings. The van der Waals surface area contributed by atoms with Gasteiger partial charge in [-0.15, -0.1) is 0 Å². The standard InChI is InChI=1S/C21H29N3OS/c1-16(2)17-8-10-18(11-9-17)23-21(26)22-15-19(20-7-6-14-25-20)24-12-4-3-5-13-24/h6-11,14,16,19H,3-5,12-13,15H2,1-2H3,(H2,22,23,26). The van der Waals surface area contributed by atoms with Gasteiger partial charge in [0.05, 0.1) is 12.3 Å². The zero-order valence-corrected chi connectivity index (χ0v) is 16.5. The molecule has 0 spiro atoms. The lowest BCUT2D eigenvalue weighted by Crippen LogP contribution is -2.41. The summed E-state index contributed by atoms with van der Waals surface area (Å²) in [6, 6.07) is 12.7. The molecule has 0 aliphatic carbocycles. The largest absolute Gasteiger partial charge is 0.468 e. The van der Waals surface area contributed by atoms with Crippen LogP contribution in [0.2, 0.25) is 0 Å². The number of furan rings is 1. The third-order valence-corrected chi connectivity index (χ3v) is 5.24. The highest BCUT2D eigenvalue weighted by Crippen LogP contribution is 2.24. The molecular formula is C21H29N3OS. The van der Waals surface area contributed by atoms with Crippen LogP contribution >= 0.6 is 12.2 Å². The lowest BCUT2D eigenvalue weighted by molar-refractivity contribution is 0.146. The van der Waals surface area contributed by atoms with Crippen LogP contribution in [0.25, 0.3) is 0 Å². The Morgan fingerprint density at radius 1 is 1.12 bits per heavy atom. The van der Waals surface area contributed by atoms with Crippen LogP contribution in [0.1, 0.15) is 56.4 Å². The van der Waals surface area contributed by atoms with Crippen molar-refractivity contribution in [1.82, 2.24) is 10.2 Å². The Bertz CT molecular complexity index is 676. The maximum atomic E-state index is 5.69. The summed E-state index contributed by atoms with van der Waals surface area (Å²) in [5.41, 5.74) is 2.34. The molecule has 26 heavy (non-hydrogen) atoms. The van der Waals surface area contributed by atoms with Gasteiger partial charge in [-0.25, -0.2) is 0 Å². The van der Waals surface area contributed by atoms with Gasteiger partial charge in [0.2, 0.25) is 0 Å². The summed E-state index contributed by atoms with van der Waals surface area (Å²) in [5.74, 6) is 1.54. The SMILES string of the molecule is CC(C)c1ccc(NC(=S)NCC(c2ccco2)N2CCCCC2)cc1. The first-order valence-corrected chi connectivity index (χ1v) is 9.96. The fourth-order valence-electron chi connectivity index (χ4n) is 3.44. The van der Waals surface area contributed by atoms with Gasteiger partial charge >= 0.3 is 0 Å². The van der Waals surface area contributed by atoms with Crippen molar-refractivity contribution in [1.29, 1.82) is 0 Å². The van der Waals surface area contributed by atoms with E-state index in [1.54, 1.807) is 6.26 Å². The van der Waals surface area contributed by atoms with Crippen LogP contribution in [0.3, 0.4) is 0 Å². The van der Waals surface area contributed by atoms with Gasteiger partial charge in [-0.05, 0) is 73.9 Å². The number of likely N-dealkylation sites (tertiary alicyclic amines) is 1. The fourth-order valence-corrected chi connectivity index (χ4v) is 3.64. The van der Waals surface area contributed by atoms with Crippen LogP contribution in [-0.2, 0) is 0 Å². The van der Waals surface area contributed by atoms with Gasteiger partial charge < -0.3 is 15.1 Å². The molecule has 1 unspecified atom stereocenters. The highest BCUT2D eigenvalue weighted by molar-refractivity contribution is 7.80. The number of nitrogens with one attached hydrogen (secondary N) is 2. The van der Waals surface area contributed by atoms with E-state index in [1.165, 1.54) is 24.8 Å². The first-order chi connectivity index (χ1) is 12.6. The van der Waals surface area contributed by atoms with E-state index in [1.807, 2.05) is 6.07 Å². The van der Waals surface area contributed by atoms with Crippen LogP contribution < -0.4 is 10.6 Å². The summed E-state index contributed by atoms with van der Waals surface area (Å²) in [5, 5.41) is 7.30. The Hall–Kier alpha value is -1.85. The number of thiocarbonyl (C=S) groups is 1. The molecule has 0 bridgehead atoms. The summed E-state index contributed by atoms with van der Waals surface area (Å²) in [6.45, 7) is 7.37. The van der Waals surface area contributed by atoms with Gasteiger partial charge in [0.1, 0.15) is 5.76 Å². The van der Waals surface area contributed by atoms with Crippen molar-refractivity contribution in [3.63, 3.8) is 0 Å². The molecule has 1 aliphatic heterocycles. The van der Waals surface area contributed by atoms with E-state index in [2.05, 4.69) is 59.7 Å². The zero-order valence-electron chi connectivity index (χ0n) is 15.7. The predicted molar refractivity (Wildman–Crippen MR) is 112 cm³/mol. The summed E-state index contributed by atoms with van der Waals surface area (Å²) >= 11 is 5.50. The molecule has 0 saturated carbocycles. The number of hydrogen-bond acceptors (Lipinski definition) is 3. The topological polar surface area (TPSA) is 40.4 Å². The molecule has 1 aliphatic rings. The van der Waals surface area contributed by atoms with Gasteiger partial charge in [-0.2, -0.15) is 0 Å². The van der Waals surface area contributed by atoms with Crippen molar-refractivity contribution in [3.05, 3.63) is 54.0 Å². The van der Waals surface area contributed by atoms with E-state index < -0.39 is 0 Å². The van der Waals surface area contributed by atoms with Crippen molar-refractivity contribution in [2.45, 2.75) is 45.1 Å². The Morgan fingerprint density at radius 3 is 2.46 bits per heavy atom. The Kier molecular flexibility index (Phi) is 6.69. The molecule has 140 valence electrons. The molecule has 2 N–H and O–H groups in total. The third-order valence-electron chi connectivity index (χ3n) is 4.99. The summed E-state index contributed by atoms with van der Waals surface area (Å²) in [7, 11) is 0. The second-order valence-electron chi connectivity index (χ2n) is 7.24. The van der Waals surface area contributed by atoms with Crippen LogP contribution in [0, 0.1) is 0 Å². The molecule has 0 amide bonds. The van der Waals surface area contributed by atoms with E-state index in [4.69, 9.17) is 16.6 Å². The van der Waals surface area contributed by atoms with Crippen molar-refractivity contribution in [3.8, 4) is 0 Å². The maximum absolute atomic E-state index is 5.69. The fraction of sp³-hybridized carbons (Fsp3) is 0.476. The van der Waals surface area contributed by atoms with Crippen LogP contribution in [0.4, 0.5) is 5.69 Å². The van der Waals surface area contributed by atoms with Gasteiger partial charge in [0.25, 0.3) is 0 Å². The average Bonchev–Trinajstić information content (AvgIpc) is 3.17. The third kappa shape index (κ3) is 5.08. The Morgan fingerprint density at radius 2 is 1.85 bits per heavy atom. The first-order valence-electron chi connectivity index (χ1n) is 9.56. The van der Waals surface area contributed by atoms with Crippen LogP contribution in [0.5, 0.6) is 0 Å². The molecule has 4 nitrogen and oxygen atoms in total. The second-order valence-corrected chi connectivity index (χ2v) is 7.65. The average molecular weight is 372 g/mol. The number of nitrogens with zero attached hydrogens (tertiary/aromatic N) is 1. The number of anilines is 1. The van der Waals surface area contributed by atoms with E-state index in [-0.39, 0.29) is 6.04 Å². The molecule has 1 saturated heterocycles. The van der Waals surface area contributed by atoms with Crippen molar-refractivity contribution in [2.75, 3.05) is 25.0 Å². The minimum absolute atomic E-state index is 0.216. The molecule has 1 fully saturated rings. The van der Waals surface area contributed by atoms with Gasteiger partial charge in [-0.3, -0.25) is 4.90 Å². The van der Waals surface area contributed by atoms with Crippen molar-refractivity contribution < 1.29 is 4.42 Å². The van der Waals surface area contributed by atoms with Gasteiger partial charge in [0.15, 0.2) is 5.11 Å². The van der Waals surface area contributed by atoms with Gasteiger partial charge in [0, 0.05) is 12.2 Å². The summed E-state index contributed by atoms with van der Waals surface area (Å²) in [4.78, 5) is 2.50. The normalized spacial score (nSPS) is 16.4. The maximum Gasteiger partial charge on any atom is 0.170 e. The van der Waals surface area contributed by atoms with E-state index in [0.717, 1.165) is 31.1 Å². The zero-order chi connectivity index (χ0) is 18.4. The molecule has 1 atom stereocenters. The molecule has 2 heterocycles.